The van der Waals surface area contributed by atoms with Crippen LogP contribution in [0.4, 0.5) is 8.78 Å². The predicted octanol–water partition coefficient (Wildman–Crippen LogP) is 3.04. The zero-order chi connectivity index (χ0) is 15.2. The van der Waals surface area contributed by atoms with Crippen molar-refractivity contribution in [3.05, 3.63) is 70.8 Å². The standard InChI is InChI=1S/C16H15F2NO2/c1-21-10-11-3-2-4-13(5-11)16(20)19-9-12-6-14(17)8-15(18)7-12/h2-8H,9-10H2,1H3,(H,19,20). The summed E-state index contributed by atoms with van der Waals surface area (Å²) in [5, 5.41) is 2.63. The number of methoxy groups -OCH3 is 1. The van der Waals surface area contributed by atoms with Gasteiger partial charge in [0.1, 0.15) is 11.6 Å². The van der Waals surface area contributed by atoms with Crippen molar-refractivity contribution in [1.82, 2.24) is 5.32 Å². The van der Waals surface area contributed by atoms with Crippen molar-refractivity contribution in [1.29, 1.82) is 0 Å². The van der Waals surface area contributed by atoms with Gasteiger partial charge in [-0.2, -0.15) is 0 Å². The largest absolute Gasteiger partial charge is 0.380 e. The summed E-state index contributed by atoms with van der Waals surface area (Å²) in [5.74, 6) is -1.64. The first-order valence-corrected chi connectivity index (χ1v) is 6.39. The van der Waals surface area contributed by atoms with Gasteiger partial charge in [-0.15, -0.1) is 0 Å². The van der Waals surface area contributed by atoms with E-state index in [2.05, 4.69) is 5.32 Å². The number of benzene rings is 2. The first-order valence-electron chi connectivity index (χ1n) is 6.39. The normalized spacial score (nSPS) is 10.4. The van der Waals surface area contributed by atoms with Crippen LogP contribution in [0.1, 0.15) is 21.5 Å². The Morgan fingerprint density at radius 1 is 1.10 bits per heavy atom. The molecule has 0 spiro atoms. The molecule has 1 amide bonds. The second kappa shape index (κ2) is 6.95. The van der Waals surface area contributed by atoms with Crippen LogP contribution in [0.3, 0.4) is 0 Å². The molecule has 0 fully saturated rings. The number of rotatable bonds is 5. The summed E-state index contributed by atoms with van der Waals surface area (Å²) in [6.07, 6.45) is 0. The van der Waals surface area contributed by atoms with E-state index < -0.39 is 11.6 Å². The van der Waals surface area contributed by atoms with Crippen molar-refractivity contribution >= 4 is 5.91 Å². The Morgan fingerprint density at radius 2 is 1.81 bits per heavy atom. The number of carbonyl (C=O) groups is 1. The van der Waals surface area contributed by atoms with Crippen molar-refractivity contribution in [3.8, 4) is 0 Å². The van der Waals surface area contributed by atoms with Crippen LogP contribution in [0.2, 0.25) is 0 Å². The SMILES string of the molecule is COCc1cccc(C(=O)NCc2cc(F)cc(F)c2)c1. The maximum Gasteiger partial charge on any atom is 0.251 e. The minimum Gasteiger partial charge on any atom is -0.380 e. The van der Waals surface area contributed by atoms with Crippen molar-refractivity contribution in [3.63, 3.8) is 0 Å². The van der Waals surface area contributed by atoms with Gasteiger partial charge in [0.15, 0.2) is 0 Å². The fourth-order valence-electron chi connectivity index (χ4n) is 1.97. The maximum atomic E-state index is 13.0. The average molecular weight is 291 g/mol. The highest BCUT2D eigenvalue weighted by molar-refractivity contribution is 5.94. The average Bonchev–Trinajstić information content (AvgIpc) is 2.44. The van der Waals surface area contributed by atoms with Crippen LogP contribution >= 0.6 is 0 Å². The molecule has 2 aromatic carbocycles. The highest BCUT2D eigenvalue weighted by atomic mass is 19.1. The Kier molecular flexibility index (Phi) is 5.00. The van der Waals surface area contributed by atoms with Crippen molar-refractivity contribution < 1.29 is 18.3 Å². The van der Waals surface area contributed by atoms with Crippen LogP contribution < -0.4 is 5.32 Å². The molecule has 0 aliphatic rings. The summed E-state index contributed by atoms with van der Waals surface area (Å²) in [5.41, 5.74) is 1.72. The molecule has 2 rings (SSSR count). The van der Waals surface area contributed by atoms with Gasteiger partial charge in [0.2, 0.25) is 0 Å². The van der Waals surface area contributed by atoms with Crippen LogP contribution in [0.15, 0.2) is 42.5 Å². The molecular weight excluding hydrogens is 276 g/mol. The molecule has 0 saturated heterocycles. The fraction of sp³-hybridized carbons (Fsp3) is 0.188. The molecule has 21 heavy (non-hydrogen) atoms. The third-order valence-electron chi connectivity index (χ3n) is 2.88. The third-order valence-corrected chi connectivity index (χ3v) is 2.88. The molecule has 3 nitrogen and oxygen atoms in total. The third kappa shape index (κ3) is 4.36. The van der Waals surface area contributed by atoms with Crippen LogP contribution in [0.25, 0.3) is 0 Å². The highest BCUT2D eigenvalue weighted by Crippen LogP contribution is 2.09. The second-order valence-corrected chi connectivity index (χ2v) is 4.59. The molecule has 5 heteroatoms. The maximum absolute atomic E-state index is 13.0. The fourth-order valence-corrected chi connectivity index (χ4v) is 1.97. The van der Waals surface area contributed by atoms with E-state index in [1.807, 2.05) is 6.07 Å². The molecule has 0 radical (unpaired) electrons. The molecule has 2 aromatic rings. The van der Waals surface area contributed by atoms with Crippen molar-refractivity contribution in [2.45, 2.75) is 13.2 Å². The molecule has 0 bridgehead atoms. The molecule has 0 aliphatic carbocycles. The van der Waals surface area contributed by atoms with Gasteiger partial charge < -0.3 is 10.1 Å². The van der Waals surface area contributed by atoms with Crippen LogP contribution in [-0.2, 0) is 17.9 Å². The van der Waals surface area contributed by atoms with Crippen LogP contribution in [-0.4, -0.2) is 13.0 Å². The second-order valence-electron chi connectivity index (χ2n) is 4.59. The molecule has 0 unspecified atom stereocenters. The lowest BCUT2D eigenvalue weighted by molar-refractivity contribution is 0.0950. The molecule has 0 heterocycles. The van der Waals surface area contributed by atoms with Crippen molar-refractivity contribution in [2.24, 2.45) is 0 Å². The Balaban J connectivity index is 2.02. The number of amides is 1. The van der Waals surface area contributed by atoms with Crippen LogP contribution in [0, 0.1) is 11.6 Å². The van der Waals surface area contributed by atoms with Gasteiger partial charge in [-0.05, 0) is 35.4 Å². The summed E-state index contributed by atoms with van der Waals surface area (Å²) < 4.78 is 31.1. The van der Waals surface area contributed by atoms with E-state index in [9.17, 15) is 13.6 Å². The zero-order valence-corrected chi connectivity index (χ0v) is 11.5. The minimum absolute atomic E-state index is 0.0576. The van der Waals surface area contributed by atoms with E-state index in [1.165, 1.54) is 12.1 Å². The number of hydrogen-bond acceptors (Lipinski definition) is 2. The minimum atomic E-state index is -0.665. The Labute approximate surface area is 121 Å². The van der Waals surface area contributed by atoms with Gasteiger partial charge in [0.25, 0.3) is 5.91 Å². The molecule has 0 aliphatic heterocycles. The Morgan fingerprint density at radius 3 is 2.48 bits per heavy atom. The Bertz CT molecular complexity index is 624. The highest BCUT2D eigenvalue weighted by Gasteiger charge is 2.07. The van der Waals surface area contributed by atoms with E-state index in [-0.39, 0.29) is 12.5 Å². The molecule has 0 aromatic heterocycles. The van der Waals surface area contributed by atoms with E-state index in [0.29, 0.717) is 17.7 Å². The van der Waals surface area contributed by atoms with Crippen molar-refractivity contribution in [2.75, 3.05) is 7.11 Å². The van der Waals surface area contributed by atoms with Gasteiger partial charge in [-0.1, -0.05) is 12.1 Å². The van der Waals surface area contributed by atoms with Gasteiger partial charge in [0.05, 0.1) is 6.61 Å². The van der Waals surface area contributed by atoms with Gasteiger partial charge >= 0.3 is 0 Å². The molecule has 1 N–H and O–H groups in total. The van der Waals surface area contributed by atoms with E-state index in [1.54, 1.807) is 25.3 Å². The number of carbonyl (C=O) groups excluding carboxylic acids is 1. The lowest BCUT2D eigenvalue weighted by atomic mass is 10.1. The molecular formula is C16H15F2NO2. The summed E-state index contributed by atoms with van der Waals surface area (Å²) in [6.45, 7) is 0.470. The molecule has 0 saturated carbocycles. The van der Waals surface area contributed by atoms with E-state index >= 15 is 0 Å². The van der Waals surface area contributed by atoms with E-state index in [0.717, 1.165) is 11.6 Å². The molecule has 0 atom stereocenters. The number of halogens is 2. The molecule has 110 valence electrons. The summed E-state index contributed by atoms with van der Waals surface area (Å²) >= 11 is 0. The quantitative estimate of drug-likeness (QED) is 0.919. The lowest BCUT2D eigenvalue weighted by Gasteiger charge is -2.07. The predicted molar refractivity (Wildman–Crippen MR) is 74.7 cm³/mol. The Hall–Kier alpha value is -2.27. The smallest absolute Gasteiger partial charge is 0.251 e. The summed E-state index contributed by atoms with van der Waals surface area (Å²) in [7, 11) is 1.57. The lowest BCUT2D eigenvalue weighted by Crippen LogP contribution is -2.23. The number of nitrogens with one attached hydrogen (secondary N) is 1. The zero-order valence-electron chi connectivity index (χ0n) is 11.5. The van der Waals surface area contributed by atoms with E-state index in [4.69, 9.17) is 4.74 Å². The first kappa shape index (κ1) is 15.1. The number of hydrogen-bond donors (Lipinski definition) is 1. The van der Waals surface area contributed by atoms with Crippen LogP contribution in [0.5, 0.6) is 0 Å². The first-order chi connectivity index (χ1) is 10.1. The van der Waals surface area contributed by atoms with Gasteiger partial charge in [-0.25, -0.2) is 8.78 Å². The monoisotopic (exact) mass is 291 g/mol. The number of ether oxygens (including phenoxy) is 1. The van der Waals surface area contributed by atoms with Gasteiger partial charge in [0, 0.05) is 25.3 Å². The summed E-state index contributed by atoms with van der Waals surface area (Å²) in [6, 6.07) is 10.1. The summed E-state index contributed by atoms with van der Waals surface area (Å²) in [4.78, 5) is 12.0. The topological polar surface area (TPSA) is 38.3 Å². The van der Waals surface area contributed by atoms with Gasteiger partial charge in [-0.3, -0.25) is 4.79 Å².